The van der Waals surface area contributed by atoms with Crippen molar-refractivity contribution in [3.63, 3.8) is 0 Å². The first-order valence-electron chi connectivity index (χ1n) is 21.2. The molecule has 0 saturated heterocycles. The van der Waals surface area contributed by atoms with Gasteiger partial charge >= 0.3 is 74.5 Å². The normalized spacial score (nSPS) is 24.8. The van der Waals surface area contributed by atoms with Crippen LogP contribution in [-0.2, 0) is 13.5 Å². The summed E-state index contributed by atoms with van der Waals surface area (Å²) in [5.41, 5.74) is 11.3. The second-order valence-electron chi connectivity index (χ2n) is 16.8. The third-order valence-electron chi connectivity index (χ3n) is 13.1. The van der Waals surface area contributed by atoms with E-state index < -0.39 is 13.5 Å². The molecule has 6 saturated carbocycles. The Morgan fingerprint density at radius 2 is 0.667 bits per heavy atom. The van der Waals surface area contributed by atoms with Crippen molar-refractivity contribution in [2.24, 2.45) is 0 Å². The van der Waals surface area contributed by atoms with E-state index in [1.165, 1.54) is 39.5 Å². The number of hydrogen-bond acceptors (Lipinski definition) is 0. The summed E-state index contributed by atoms with van der Waals surface area (Å²) in [5, 5.41) is 0. The molecule has 6 fully saturated rings. The van der Waals surface area contributed by atoms with Crippen LogP contribution < -0.4 is 0 Å². The molecule has 0 atom stereocenters. The van der Waals surface area contributed by atoms with Gasteiger partial charge in [-0.05, 0) is 154 Å². The predicted molar refractivity (Wildman–Crippen MR) is 222 cm³/mol. The third kappa shape index (κ3) is 15.7. The molecule has 0 N–H and O–H groups in total. The maximum atomic E-state index is 5.49. The molecule has 0 bridgehead atoms. The van der Waals surface area contributed by atoms with Gasteiger partial charge in [0.2, 0.25) is 0 Å². The molecule has 6 aliphatic carbocycles. The maximum absolute atomic E-state index is 5.49. The van der Waals surface area contributed by atoms with Crippen LogP contribution in [-0.4, -0.2) is 38.2 Å². The molecule has 48 heavy (non-hydrogen) atoms. The van der Waals surface area contributed by atoms with Gasteiger partial charge in [-0.1, -0.05) is 38.5 Å². The molecular weight excluding hydrogens is 750 g/mol. The van der Waals surface area contributed by atoms with Crippen LogP contribution in [0.25, 0.3) is 0 Å². The molecule has 0 radical (unpaired) electrons. The summed E-state index contributed by atoms with van der Waals surface area (Å²) in [6.45, 7) is 4.02. The summed E-state index contributed by atoms with van der Waals surface area (Å²) in [6, 6.07) is 0. The standard InChI is InChI=1S/2C18H33P.C7H8.2ClH.Ru/c2*1-4-10-16(11-5-1)19(17-12-6-2-7-13-17)18-14-8-3-9-15-18;1-4-5-6-7(2)3;;;/h2*16-18H,1-15H2;5-6H,2-3H3;2*1H;/q;;;;;+2. The molecule has 0 heterocycles. The van der Waals surface area contributed by atoms with E-state index in [2.05, 4.69) is 10.00 Å². The molecule has 0 amide bonds. The van der Waals surface area contributed by atoms with Gasteiger partial charge in [-0.15, -0.1) is 0 Å². The zero-order chi connectivity index (χ0) is 33.8. The van der Waals surface area contributed by atoms with Crippen molar-refractivity contribution in [3.05, 3.63) is 23.5 Å². The van der Waals surface area contributed by atoms with E-state index in [4.69, 9.17) is 19.4 Å². The number of allylic oxidation sites excluding steroid dienone is 3. The van der Waals surface area contributed by atoms with Crippen molar-refractivity contribution in [3.8, 4) is 0 Å². The van der Waals surface area contributed by atoms with Gasteiger partial charge in [0.15, 0.2) is 0 Å². The van der Waals surface area contributed by atoms with E-state index in [-0.39, 0.29) is 15.8 Å². The molecular formula is C43H76Cl2P2Ru+2. The van der Waals surface area contributed by atoms with Crippen molar-refractivity contribution in [2.45, 2.75) is 240 Å². The van der Waals surface area contributed by atoms with E-state index >= 15 is 0 Å². The fourth-order valence-corrected chi connectivity index (χ4v) is 22.1. The van der Waals surface area contributed by atoms with Crippen LogP contribution in [0.3, 0.4) is 0 Å². The van der Waals surface area contributed by atoms with Gasteiger partial charge in [0.1, 0.15) is 0 Å². The van der Waals surface area contributed by atoms with Crippen LogP contribution in [0.5, 0.6) is 0 Å². The summed E-state index contributed by atoms with van der Waals surface area (Å²) in [6.07, 6.45) is 51.3. The molecule has 0 unspecified atom stereocenters. The average Bonchev–Trinajstić information content (AvgIpc) is 3.14. The van der Waals surface area contributed by atoms with Crippen molar-refractivity contribution >= 4 is 39.5 Å². The quantitative estimate of drug-likeness (QED) is 0.104. The zero-order valence-corrected chi connectivity index (χ0v) is 36.7. The fraction of sp³-hybridized carbons (Fsp3) is 0.884. The molecule has 0 nitrogen and oxygen atoms in total. The molecule has 278 valence electrons. The SMILES string of the molecule is C1CCC([PH+](C2CCCCC2)C2CCCCC2)CC1.C1CCC([PH+](C2CCCCC2)C2CCCCC2)CC1.CC(C)=CC=C=[C]=[Ru]([Cl])[Cl]. The summed E-state index contributed by atoms with van der Waals surface area (Å²) in [4.78, 5) is 0. The van der Waals surface area contributed by atoms with Gasteiger partial charge in [0.25, 0.3) is 0 Å². The summed E-state index contributed by atoms with van der Waals surface area (Å²) >= 11 is -1.75. The van der Waals surface area contributed by atoms with Gasteiger partial charge in [0, 0.05) is 15.8 Å². The Hall–Kier alpha value is 1.23. The van der Waals surface area contributed by atoms with Gasteiger partial charge in [-0.3, -0.25) is 0 Å². The Labute approximate surface area is 314 Å². The van der Waals surface area contributed by atoms with Crippen LogP contribution in [0.15, 0.2) is 23.5 Å². The van der Waals surface area contributed by atoms with E-state index in [1.54, 1.807) is 199 Å². The minimum atomic E-state index is -1.75. The van der Waals surface area contributed by atoms with Crippen LogP contribution in [0.1, 0.15) is 206 Å². The molecule has 0 spiro atoms. The van der Waals surface area contributed by atoms with E-state index in [9.17, 15) is 0 Å². The second-order valence-corrected chi connectivity index (χ2v) is 29.0. The van der Waals surface area contributed by atoms with Gasteiger partial charge in [0.05, 0.1) is 34.0 Å². The minimum absolute atomic E-state index is 0.0465. The fourth-order valence-electron chi connectivity index (χ4n) is 10.9. The van der Waals surface area contributed by atoms with Crippen LogP contribution in [0.2, 0.25) is 0 Å². The Morgan fingerprint density at radius 3 is 0.854 bits per heavy atom. The molecule has 6 aliphatic rings. The Kier molecular flexibility index (Phi) is 22.1. The van der Waals surface area contributed by atoms with Crippen molar-refractivity contribution in [1.29, 1.82) is 0 Å². The zero-order valence-electron chi connectivity index (χ0n) is 31.4. The first kappa shape index (κ1) is 42.0. The predicted octanol–water partition coefficient (Wildman–Crippen LogP) is 15.4. The third-order valence-corrected chi connectivity index (χ3v) is 23.6. The number of rotatable bonds is 7. The second kappa shape index (κ2) is 25.3. The summed E-state index contributed by atoms with van der Waals surface area (Å²) < 4.78 is 2.72. The van der Waals surface area contributed by atoms with Gasteiger partial charge in [-0.2, -0.15) is 0 Å². The summed E-state index contributed by atoms with van der Waals surface area (Å²) in [7, 11) is 10.9. The monoisotopic (exact) mass is 826 g/mol. The van der Waals surface area contributed by atoms with E-state index in [1.807, 2.05) is 19.9 Å². The molecule has 6 rings (SSSR count). The number of halogens is 2. The molecule has 5 heteroatoms. The molecule has 0 aromatic heterocycles. The van der Waals surface area contributed by atoms with Gasteiger partial charge in [-0.25, -0.2) is 0 Å². The topological polar surface area (TPSA) is 0 Å². The number of hydrogen-bond donors (Lipinski definition) is 0. The Balaban J connectivity index is 0.000000172. The van der Waals surface area contributed by atoms with E-state index in [0.29, 0.717) is 0 Å². The van der Waals surface area contributed by atoms with Crippen molar-refractivity contribution < 1.29 is 13.5 Å². The molecule has 0 aromatic carbocycles. The first-order chi connectivity index (χ1) is 23.5. The first-order valence-corrected chi connectivity index (χ1v) is 30.0. The van der Waals surface area contributed by atoms with E-state index in [0.717, 1.165) is 0 Å². The summed E-state index contributed by atoms with van der Waals surface area (Å²) in [5.74, 6) is 0. The van der Waals surface area contributed by atoms with Crippen LogP contribution >= 0.6 is 35.2 Å². The Bertz CT molecular complexity index is 831. The van der Waals surface area contributed by atoms with Crippen LogP contribution in [0, 0.1) is 0 Å². The Morgan fingerprint density at radius 1 is 0.438 bits per heavy atom. The van der Waals surface area contributed by atoms with Crippen LogP contribution in [0.4, 0.5) is 0 Å². The van der Waals surface area contributed by atoms with Gasteiger partial charge < -0.3 is 0 Å². The molecule has 0 aromatic rings. The molecule has 0 aliphatic heterocycles. The van der Waals surface area contributed by atoms with Crippen molar-refractivity contribution in [1.82, 2.24) is 0 Å². The van der Waals surface area contributed by atoms with Crippen molar-refractivity contribution in [2.75, 3.05) is 0 Å². The average molecular weight is 827 g/mol.